The van der Waals surface area contributed by atoms with E-state index < -0.39 is 0 Å². The monoisotopic (exact) mass is 821 g/mol. The Morgan fingerprint density at radius 1 is 0.406 bits per heavy atom. The molecule has 3 aromatic heterocycles. The predicted octanol–water partition coefficient (Wildman–Crippen LogP) is 14.5. The molecule has 0 spiro atoms. The summed E-state index contributed by atoms with van der Waals surface area (Å²) < 4.78 is 11.4. The fourth-order valence-corrected chi connectivity index (χ4v) is 9.31. The van der Waals surface area contributed by atoms with E-state index in [0.29, 0.717) is 18.2 Å². The zero-order valence-electron chi connectivity index (χ0n) is 34.8. The smallest absolute Gasteiger partial charge is 0.161 e. The Bertz CT molecular complexity index is 3820. The molecule has 0 N–H and O–H groups in total. The van der Waals surface area contributed by atoms with Crippen molar-refractivity contribution < 1.29 is 4.42 Å². The Morgan fingerprint density at radius 3 is 1.61 bits per heavy atom. The van der Waals surface area contributed by atoms with Gasteiger partial charge in [0.15, 0.2) is 11.7 Å². The first-order valence-corrected chi connectivity index (χ1v) is 21.5. The number of hydrogen-bond donors (Lipinski definition) is 0. The molecule has 0 aliphatic rings. The number of amidine groups is 2. The van der Waals surface area contributed by atoms with Gasteiger partial charge >= 0.3 is 0 Å². The van der Waals surface area contributed by atoms with Crippen LogP contribution in [-0.4, -0.2) is 27.5 Å². The standard InChI is InChI=1S/C58H39N5O/c1-59-57(39-15-5-2-6-16-39)61-58(40-17-7-3-8-18-40)60-37-38-25-29-47-48-30-26-42(35-56(48)64-55(47)33-38)41-27-31-53-49(34-41)45-21-11-14-24-52(45)63(53)44-28-32-54-50(36-44)46-22-12-13-23-51(46)62(54)43-19-9-4-10-20-43/h2-36H,1,37H2. The number of para-hydroxylation sites is 3. The van der Waals surface area contributed by atoms with Crippen molar-refractivity contribution in [3.63, 3.8) is 0 Å². The van der Waals surface area contributed by atoms with Crippen molar-refractivity contribution in [1.29, 1.82) is 0 Å². The highest BCUT2D eigenvalue weighted by Gasteiger charge is 2.18. The number of aromatic nitrogens is 2. The second-order valence-electron chi connectivity index (χ2n) is 16.1. The third-order valence-corrected chi connectivity index (χ3v) is 12.3. The Hall–Kier alpha value is -8.61. The van der Waals surface area contributed by atoms with Gasteiger partial charge in [0.2, 0.25) is 0 Å². The third kappa shape index (κ3) is 6.31. The van der Waals surface area contributed by atoms with Gasteiger partial charge in [-0.3, -0.25) is 4.99 Å². The molecule has 0 saturated carbocycles. The summed E-state index contributed by atoms with van der Waals surface area (Å²) in [7, 11) is 0. The molecule has 0 amide bonds. The van der Waals surface area contributed by atoms with Crippen LogP contribution in [-0.2, 0) is 6.54 Å². The Kier molecular flexibility index (Phi) is 8.94. The van der Waals surface area contributed by atoms with Crippen LogP contribution < -0.4 is 0 Å². The van der Waals surface area contributed by atoms with E-state index >= 15 is 0 Å². The number of benzene rings is 9. The number of aliphatic imine (C=N–C) groups is 3. The second kappa shape index (κ2) is 15.4. The van der Waals surface area contributed by atoms with Crippen molar-refractivity contribution in [3.05, 3.63) is 229 Å². The first-order valence-electron chi connectivity index (χ1n) is 21.5. The first-order chi connectivity index (χ1) is 31.7. The lowest BCUT2D eigenvalue weighted by molar-refractivity contribution is 0.668. The molecule has 6 heteroatoms. The molecule has 3 heterocycles. The summed E-state index contributed by atoms with van der Waals surface area (Å²) in [5, 5.41) is 7.02. The van der Waals surface area contributed by atoms with Crippen LogP contribution in [0.25, 0.3) is 88.1 Å². The Balaban J connectivity index is 0.902. The average Bonchev–Trinajstić information content (AvgIpc) is 4.01. The maximum atomic E-state index is 6.60. The van der Waals surface area contributed by atoms with E-state index in [4.69, 9.17) is 14.4 Å². The van der Waals surface area contributed by atoms with Crippen molar-refractivity contribution in [2.24, 2.45) is 15.0 Å². The van der Waals surface area contributed by atoms with E-state index in [1.165, 1.54) is 38.1 Å². The zero-order chi connectivity index (χ0) is 42.6. The molecule has 12 rings (SSSR count). The minimum absolute atomic E-state index is 0.420. The number of furan rings is 1. The largest absolute Gasteiger partial charge is 0.456 e. The van der Waals surface area contributed by atoms with Gasteiger partial charge in [0.25, 0.3) is 0 Å². The highest BCUT2D eigenvalue weighted by atomic mass is 16.3. The van der Waals surface area contributed by atoms with Gasteiger partial charge in [-0.05, 0) is 96.2 Å². The van der Waals surface area contributed by atoms with Crippen LogP contribution in [0.3, 0.4) is 0 Å². The minimum atomic E-state index is 0.420. The molecule has 0 fully saturated rings. The summed E-state index contributed by atoms with van der Waals surface area (Å²) >= 11 is 0. The summed E-state index contributed by atoms with van der Waals surface area (Å²) in [6.45, 7) is 4.22. The second-order valence-corrected chi connectivity index (χ2v) is 16.1. The molecule has 9 aromatic carbocycles. The minimum Gasteiger partial charge on any atom is -0.456 e. The Morgan fingerprint density at radius 2 is 0.922 bits per heavy atom. The number of rotatable bonds is 7. The summed E-state index contributed by atoms with van der Waals surface area (Å²) in [5.74, 6) is 1.12. The summed E-state index contributed by atoms with van der Waals surface area (Å²) in [4.78, 5) is 14.1. The average molecular weight is 822 g/mol. The number of nitrogens with zero attached hydrogens (tertiary/aromatic N) is 5. The van der Waals surface area contributed by atoms with Crippen LogP contribution >= 0.6 is 0 Å². The highest BCUT2D eigenvalue weighted by molar-refractivity contribution is 6.14. The molecular weight excluding hydrogens is 783 g/mol. The molecule has 0 aliphatic carbocycles. The number of fused-ring (bicyclic) bond motifs is 9. The summed E-state index contributed by atoms with van der Waals surface area (Å²) in [6, 6.07) is 74.5. The van der Waals surface area contributed by atoms with Crippen molar-refractivity contribution in [2.45, 2.75) is 6.54 Å². The molecule has 302 valence electrons. The summed E-state index contributed by atoms with van der Waals surface area (Å²) in [5.41, 5.74) is 13.7. The number of hydrogen-bond acceptors (Lipinski definition) is 2. The maximum Gasteiger partial charge on any atom is 0.161 e. The van der Waals surface area contributed by atoms with Gasteiger partial charge in [0.05, 0.1) is 28.6 Å². The fraction of sp³-hybridized carbons (Fsp3) is 0.0172. The molecule has 0 radical (unpaired) electrons. The topological polar surface area (TPSA) is 60.1 Å². The quantitative estimate of drug-likeness (QED) is 0.117. The summed E-state index contributed by atoms with van der Waals surface area (Å²) in [6.07, 6.45) is 0. The lowest BCUT2D eigenvalue weighted by atomic mass is 10.0. The Labute approximate surface area is 369 Å². The van der Waals surface area contributed by atoms with Gasteiger partial charge in [-0.2, -0.15) is 0 Å². The lowest BCUT2D eigenvalue weighted by Gasteiger charge is -2.10. The van der Waals surface area contributed by atoms with Crippen molar-refractivity contribution in [2.75, 3.05) is 0 Å². The molecule has 6 nitrogen and oxygen atoms in total. The van der Waals surface area contributed by atoms with Gasteiger partial charge < -0.3 is 13.6 Å². The van der Waals surface area contributed by atoms with Crippen LogP contribution in [0.1, 0.15) is 16.7 Å². The van der Waals surface area contributed by atoms with Crippen LogP contribution in [0, 0.1) is 0 Å². The molecule has 0 aliphatic heterocycles. The van der Waals surface area contributed by atoms with Gasteiger partial charge in [-0.15, -0.1) is 0 Å². The first kappa shape index (κ1) is 37.2. The molecule has 64 heavy (non-hydrogen) atoms. The predicted molar refractivity (Wildman–Crippen MR) is 267 cm³/mol. The van der Waals surface area contributed by atoms with Crippen LogP contribution in [0.5, 0.6) is 0 Å². The van der Waals surface area contributed by atoms with Gasteiger partial charge in [-0.25, -0.2) is 9.98 Å². The van der Waals surface area contributed by atoms with E-state index in [9.17, 15) is 0 Å². The third-order valence-electron chi connectivity index (χ3n) is 12.3. The van der Waals surface area contributed by atoms with E-state index in [0.717, 1.165) is 66.6 Å². The van der Waals surface area contributed by atoms with E-state index in [1.807, 2.05) is 60.7 Å². The molecular formula is C58H39N5O. The lowest BCUT2D eigenvalue weighted by Crippen LogP contribution is -2.05. The molecule has 0 unspecified atom stereocenters. The van der Waals surface area contributed by atoms with Crippen molar-refractivity contribution >= 4 is 83.9 Å². The molecule has 0 atom stereocenters. The van der Waals surface area contributed by atoms with E-state index in [1.54, 1.807) is 0 Å². The molecule has 0 bridgehead atoms. The zero-order valence-corrected chi connectivity index (χ0v) is 34.8. The molecule has 12 aromatic rings. The van der Waals surface area contributed by atoms with Gasteiger partial charge in [0.1, 0.15) is 11.2 Å². The van der Waals surface area contributed by atoms with Gasteiger partial charge in [-0.1, -0.05) is 140 Å². The van der Waals surface area contributed by atoms with Crippen molar-refractivity contribution in [3.8, 4) is 22.5 Å². The van der Waals surface area contributed by atoms with E-state index in [-0.39, 0.29) is 0 Å². The molecule has 0 saturated heterocycles. The van der Waals surface area contributed by atoms with Crippen LogP contribution in [0.2, 0.25) is 0 Å². The maximum absolute atomic E-state index is 6.60. The normalized spacial score (nSPS) is 12.4. The van der Waals surface area contributed by atoms with E-state index in [2.05, 4.69) is 173 Å². The van der Waals surface area contributed by atoms with Crippen molar-refractivity contribution in [1.82, 2.24) is 9.13 Å². The van der Waals surface area contributed by atoms with Gasteiger partial charge in [0, 0.05) is 54.8 Å². The fourth-order valence-electron chi connectivity index (χ4n) is 9.31. The van der Waals surface area contributed by atoms with Crippen LogP contribution in [0.15, 0.2) is 232 Å². The van der Waals surface area contributed by atoms with Crippen LogP contribution in [0.4, 0.5) is 0 Å². The highest BCUT2D eigenvalue weighted by Crippen LogP contribution is 2.39. The SMILES string of the molecule is C=NC(=NC(=NCc1ccc2c(c1)oc1cc(-c3ccc4c(c3)c3ccccc3n4-c3ccc4c(c3)c3ccccc3n4-c3ccccc3)ccc12)c1ccccc1)c1ccccc1.